The third kappa shape index (κ3) is 4.56. The second-order valence-corrected chi connectivity index (χ2v) is 7.18. The molecule has 1 aromatic rings. The van der Waals surface area contributed by atoms with Crippen molar-refractivity contribution in [2.24, 2.45) is 0 Å². The van der Waals surface area contributed by atoms with Crippen LogP contribution in [0.25, 0.3) is 0 Å². The van der Waals surface area contributed by atoms with E-state index in [9.17, 15) is 13.2 Å². The van der Waals surface area contributed by atoms with Gasteiger partial charge in [-0.05, 0) is 36.5 Å². The van der Waals surface area contributed by atoms with E-state index in [-0.39, 0.29) is 4.90 Å². The maximum atomic E-state index is 12.0. The van der Waals surface area contributed by atoms with Crippen LogP contribution in [0.3, 0.4) is 0 Å². The Kier molecular flexibility index (Phi) is 6.40. The number of hydrogen-bond acceptors (Lipinski definition) is 4. The molecule has 0 aliphatic carbocycles. The van der Waals surface area contributed by atoms with Gasteiger partial charge in [0.25, 0.3) is 0 Å². The molecule has 0 saturated heterocycles. The van der Waals surface area contributed by atoms with Gasteiger partial charge in [0, 0.05) is 6.26 Å². The Labute approximate surface area is 127 Å². The Bertz CT molecular complexity index is 603. The highest BCUT2D eigenvalue weighted by Crippen LogP contribution is 2.24. The molecular formula is C16H24O4S. The largest absolute Gasteiger partial charge is 0.465 e. The first kappa shape index (κ1) is 17.7. The second-order valence-electron chi connectivity index (χ2n) is 5.19. The highest BCUT2D eigenvalue weighted by molar-refractivity contribution is 7.90. The molecule has 5 heteroatoms. The van der Waals surface area contributed by atoms with Crippen molar-refractivity contribution in [3.8, 4) is 0 Å². The average molecular weight is 312 g/mol. The predicted octanol–water partition coefficient (Wildman–Crippen LogP) is 3.17. The lowest BCUT2D eigenvalue weighted by Gasteiger charge is -2.14. The lowest BCUT2D eigenvalue weighted by molar-refractivity contribution is 0.0599. The molecule has 0 radical (unpaired) electrons. The minimum absolute atomic E-state index is 0.246. The number of carbonyl (C=O) groups excluding carboxylic acids is 1. The molecule has 1 rings (SSSR count). The summed E-state index contributed by atoms with van der Waals surface area (Å²) in [5, 5.41) is 0. The Balaban J connectivity index is 3.38. The zero-order valence-corrected chi connectivity index (χ0v) is 14.0. The van der Waals surface area contributed by atoms with Gasteiger partial charge in [-0.1, -0.05) is 32.8 Å². The molecule has 118 valence electrons. The zero-order chi connectivity index (χ0) is 16.0. The molecule has 0 N–H and O–H groups in total. The van der Waals surface area contributed by atoms with Gasteiger partial charge in [-0.2, -0.15) is 0 Å². The summed E-state index contributed by atoms with van der Waals surface area (Å²) in [6.07, 6.45) is 5.64. The summed E-state index contributed by atoms with van der Waals surface area (Å²) in [6.45, 7) is 4.05. The van der Waals surface area contributed by atoms with Gasteiger partial charge in [-0.3, -0.25) is 0 Å². The second kappa shape index (κ2) is 7.59. The monoisotopic (exact) mass is 312 g/mol. The normalized spacial score (nSPS) is 11.4. The van der Waals surface area contributed by atoms with Crippen molar-refractivity contribution in [3.63, 3.8) is 0 Å². The van der Waals surface area contributed by atoms with E-state index in [0.717, 1.165) is 30.4 Å². The number of hydrogen-bond donors (Lipinski definition) is 0. The summed E-state index contributed by atoms with van der Waals surface area (Å²) in [4.78, 5) is 12.1. The first-order chi connectivity index (χ1) is 9.85. The van der Waals surface area contributed by atoms with E-state index < -0.39 is 15.8 Å². The molecule has 0 bridgehead atoms. The van der Waals surface area contributed by atoms with Crippen molar-refractivity contribution < 1.29 is 17.9 Å². The number of aryl methyl sites for hydroxylation is 2. The Morgan fingerprint density at radius 1 is 1.14 bits per heavy atom. The number of ether oxygens (including phenoxy) is 1. The topological polar surface area (TPSA) is 60.4 Å². The van der Waals surface area contributed by atoms with Crippen molar-refractivity contribution in [3.05, 3.63) is 28.8 Å². The maximum absolute atomic E-state index is 12.0. The van der Waals surface area contributed by atoms with E-state index in [1.807, 2.05) is 13.0 Å². The quantitative estimate of drug-likeness (QED) is 0.573. The summed E-state index contributed by atoms with van der Waals surface area (Å²) in [7, 11) is -2.06. The van der Waals surface area contributed by atoms with E-state index in [4.69, 9.17) is 4.74 Å². The maximum Gasteiger partial charge on any atom is 0.338 e. The lowest BCUT2D eigenvalue weighted by Crippen LogP contribution is -2.11. The highest BCUT2D eigenvalue weighted by atomic mass is 32.2. The number of unbranched alkanes of at least 4 members (excludes halogenated alkanes) is 2. The van der Waals surface area contributed by atoms with Crippen LogP contribution in [0.5, 0.6) is 0 Å². The van der Waals surface area contributed by atoms with Crippen LogP contribution in [0.15, 0.2) is 17.0 Å². The van der Waals surface area contributed by atoms with Crippen molar-refractivity contribution in [1.29, 1.82) is 0 Å². The Morgan fingerprint density at radius 3 is 2.29 bits per heavy atom. The standard InChI is InChI=1S/C16H24O4S/c1-5-7-8-9-13-10-12(6-2)14(16(17)20-3)11-15(13)21(4,18)19/h10-11H,5-9H2,1-4H3. The van der Waals surface area contributed by atoms with Gasteiger partial charge in [0.2, 0.25) is 0 Å². The number of methoxy groups -OCH3 is 1. The van der Waals surface area contributed by atoms with E-state index >= 15 is 0 Å². The van der Waals surface area contributed by atoms with E-state index in [0.29, 0.717) is 18.4 Å². The molecule has 0 heterocycles. The van der Waals surface area contributed by atoms with Crippen molar-refractivity contribution in [2.75, 3.05) is 13.4 Å². The molecule has 1 aromatic carbocycles. The first-order valence-corrected chi connectivity index (χ1v) is 9.18. The summed E-state index contributed by atoms with van der Waals surface area (Å²) in [6, 6.07) is 3.32. The number of carbonyl (C=O) groups is 1. The molecule has 21 heavy (non-hydrogen) atoms. The van der Waals surface area contributed by atoms with Gasteiger partial charge >= 0.3 is 5.97 Å². The third-order valence-corrected chi connectivity index (χ3v) is 4.70. The summed E-state index contributed by atoms with van der Waals surface area (Å²) < 4.78 is 28.7. The van der Waals surface area contributed by atoms with Crippen molar-refractivity contribution in [1.82, 2.24) is 0 Å². The van der Waals surface area contributed by atoms with E-state index in [1.54, 1.807) is 0 Å². The van der Waals surface area contributed by atoms with Gasteiger partial charge in [-0.15, -0.1) is 0 Å². The van der Waals surface area contributed by atoms with Crippen LogP contribution in [0, 0.1) is 0 Å². The number of sulfone groups is 1. The fourth-order valence-electron chi connectivity index (χ4n) is 2.37. The molecular weight excluding hydrogens is 288 g/mol. The molecule has 0 fully saturated rings. The zero-order valence-electron chi connectivity index (χ0n) is 13.2. The van der Waals surface area contributed by atoms with Crippen LogP contribution in [0.1, 0.15) is 54.6 Å². The van der Waals surface area contributed by atoms with Crippen LogP contribution in [-0.2, 0) is 27.4 Å². The molecule has 0 unspecified atom stereocenters. The lowest BCUT2D eigenvalue weighted by atomic mass is 9.98. The SMILES string of the molecule is CCCCCc1cc(CC)c(C(=O)OC)cc1S(C)(=O)=O. The van der Waals surface area contributed by atoms with Crippen molar-refractivity contribution >= 4 is 15.8 Å². The molecule has 0 saturated carbocycles. The van der Waals surface area contributed by atoms with Gasteiger partial charge in [0.1, 0.15) is 0 Å². The molecule has 0 aliphatic heterocycles. The van der Waals surface area contributed by atoms with E-state index in [2.05, 4.69) is 6.92 Å². The van der Waals surface area contributed by atoms with Gasteiger partial charge in [0.15, 0.2) is 9.84 Å². The van der Waals surface area contributed by atoms with Crippen LogP contribution < -0.4 is 0 Å². The smallest absolute Gasteiger partial charge is 0.338 e. The van der Waals surface area contributed by atoms with Crippen LogP contribution >= 0.6 is 0 Å². The van der Waals surface area contributed by atoms with Crippen LogP contribution in [0.4, 0.5) is 0 Å². The van der Waals surface area contributed by atoms with Gasteiger partial charge in [-0.25, -0.2) is 13.2 Å². The minimum Gasteiger partial charge on any atom is -0.465 e. The molecule has 4 nitrogen and oxygen atoms in total. The van der Waals surface area contributed by atoms with Gasteiger partial charge < -0.3 is 4.74 Å². The summed E-state index contributed by atoms with van der Waals surface area (Å²) in [5.74, 6) is -0.489. The third-order valence-electron chi connectivity index (χ3n) is 3.52. The van der Waals surface area contributed by atoms with Crippen molar-refractivity contribution in [2.45, 2.75) is 50.8 Å². The van der Waals surface area contributed by atoms with Gasteiger partial charge in [0.05, 0.1) is 17.6 Å². The highest BCUT2D eigenvalue weighted by Gasteiger charge is 2.20. The molecule has 0 aliphatic rings. The van der Waals surface area contributed by atoms with E-state index in [1.165, 1.54) is 19.4 Å². The fourth-order valence-corrected chi connectivity index (χ4v) is 3.34. The Hall–Kier alpha value is -1.36. The molecule has 0 atom stereocenters. The molecule has 0 spiro atoms. The van der Waals surface area contributed by atoms with Crippen LogP contribution in [0.2, 0.25) is 0 Å². The first-order valence-electron chi connectivity index (χ1n) is 7.29. The fraction of sp³-hybridized carbons (Fsp3) is 0.562. The number of esters is 1. The molecule has 0 aromatic heterocycles. The predicted molar refractivity (Wildman–Crippen MR) is 83.5 cm³/mol. The average Bonchev–Trinajstić information content (AvgIpc) is 2.44. The number of benzene rings is 1. The summed E-state index contributed by atoms with van der Waals surface area (Å²) in [5.41, 5.74) is 1.98. The molecule has 0 amide bonds. The summed E-state index contributed by atoms with van der Waals surface area (Å²) >= 11 is 0. The minimum atomic E-state index is -3.37. The van der Waals surface area contributed by atoms with Crippen LogP contribution in [-0.4, -0.2) is 27.8 Å². The number of rotatable bonds is 7. The Morgan fingerprint density at radius 2 is 1.81 bits per heavy atom.